The first kappa shape index (κ1) is 12.7. The van der Waals surface area contributed by atoms with Gasteiger partial charge in [-0.15, -0.1) is 0 Å². The van der Waals surface area contributed by atoms with E-state index in [9.17, 15) is 8.42 Å². The maximum Gasteiger partial charge on any atom is 0.265 e. The van der Waals surface area contributed by atoms with Gasteiger partial charge >= 0.3 is 0 Å². The van der Waals surface area contributed by atoms with Crippen molar-refractivity contribution in [3.05, 3.63) is 42.0 Å². The highest BCUT2D eigenvalue weighted by molar-refractivity contribution is 7.92. The number of sulfonamides is 1. The summed E-state index contributed by atoms with van der Waals surface area (Å²) in [6, 6.07) is 6.69. The van der Waals surface area contributed by atoms with Crippen LogP contribution in [0.25, 0.3) is 10.9 Å². The van der Waals surface area contributed by atoms with Crippen molar-refractivity contribution in [2.24, 2.45) is 0 Å². The number of aryl methyl sites for hydroxylation is 2. The Balaban J connectivity index is 1.98. The zero-order valence-corrected chi connectivity index (χ0v) is 11.8. The zero-order valence-electron chi connectivity index (χ0n) is 11.0. The van der Waals surface area contributed by atoms with Crippen molar-refractivity contribution in [2.45, 2.75) is 18.7 Å². The van der Waals surface area contributed by atoms with Gasteiger partial charge in [0.05, 0.1) is 17.4 Å². The molecule has 0 aliphatic rings. The number of anilines is 1. The Morgan fingerprint density at radius 2 is 2.05 bits per heavy atom. The Morgan fingerprint density at radius 1 is 1.25 bits per heavy atom. The van der Waals surface area contributed by atoms with Gasteiger partial charge in [0.2, 0.25) is 0 Å². The third kappa shape index (κ3) is 2.16. The van der Waals surface area contributed by atoms with Gasteiger partial charge < -0.3 is 4.42 Å². The molecule has 0 saturated carbocycles. The normalized spacial score (nSPS) is 11.9. The molecule has 2 heterocycles. The number of aromatic nitrogens is 2. The molecule has 3 aromatic rings. The molecular formula is C13H13N3O3S. The summed E-state index contributed by atoms with van der Waals surface area (Å²) in [4.78, 5) is 0.153. The fraction of sp³-hybridized carbons (Fsp3) is 0.154. The van der Waals surface area contributed by atoms with Crippen molar-refractivity contribution in [1.29, 1.82) is 0 Å². The van der Waals surface area contributed by atoms with E-state index in [2.05, 4.69) is 14.9 Å². The van der Waals surface area contributed by atoms with Crippen LogP contribution in [-0.4, -0.2) is 18.6 Å². The minimum Gasteiger partial charge on any atom is -0.465 e. The van der Waals surface area contributed by atoms with Gasteiger partial charge in [-0.25, -0.2) is 8.42 Å². The van der Waals surface area contributed by atoms with Crippen molar-refractivity contribution >= 4 is 26.6 Å². The van der Waals surface area contributed by atoms with Crippen LogP contribution in [-0.2, 0) is 10.0 Å². The minimum atomic E-state index is -3.65. The first-order valence-electron chi connectivity index (χ1n) is 5.99. The molecule has 0 atom stereocenters. The lowest BCUT2D eigenvalue weighted by atomic mass is 10.2. The van der Waals surface area contributed by atoms with Gasteiger partial charge in [0, 0.05) is 11.5 Å². The number of H-pyrrole nitrogens is 1. The first-order chi connectivity index (χ1) is 9.45. The van der Waals surface area contributed by atoms with Crippen molar-refractivity contribution in [1.82, 2.24) is 10.2 Å². The number of rotatable bonds is 3. The molecule has 0 radical (unpaired) electrons. The Kier molecular flexibility index (Phi) is 2.79. The average Bonchev–Trinajstić information content (AvgIpc) is 2.94. The topological polar surface area (TPSA) is 88.0 Å². The van der Waals surface area contributed by atoms with Gasteiger partial charge in [0.1, 0.15) is 16.4 Å². The van der Waals surface area contributed by atoms with Crippen LogP contribution >= 0.6 is 0 Å². The molecule has 1 aromatic carbocycles. The molecule has 2 aromatic heterocycles. The molecule has 0 saturated heterocycles. The number of hydrogen-bond donors (Lipinski definition) is 2. The lowest BCUT2D eigenvalue weighted by molar-refractivity contribution is 0.496. The molecule has 7 heteroatoms. The van der Waals surface area contributed by atoms with Crippen LogP contribution < -0.4 is 4.72 Å². The van der Waals surface area contributed by atoms with Gasteiger partial charge in [0.15, 0.2) is 0 Å². The summed E-state index contributed by atoms with van der Waals surface area (Å²) in [6.07, 6.45) is 1.68. The van der Waals surface area contributed by atoms with E-state index in [-0.39, 0.29) is 4.90 Å². The van der Waals surface area contributed by atoms with E-state index in [1.54, 1.807) is 38.2 Å². The van der Waals surface area contributed by atoms with Crippen LogP contribution in [0.3, 0.4) is 0 Å². The monoisotopic (exact) mass is 291 g/mol. The maximum atomic E-state index is 12.3. The summed E-state index contributed by atoms with van der Waals surface area (Å²) < 4.78 is 32.4. The third-order valence-electron chi connectivity index (χ3n) is 2.98. The number of nitrogens with one attached hydrogen (secondary N) is 2. The molecule has 0 spiro atoms. The second-order valence-corrected chi connectivity index (χ2v) is 6.21. The molecule has 6 nitrogen and oxygen atoms in total. The van der Waals surface area contributed by atoms with Crippen molar-refractivity contribution in [3.8, 4) is 0 Å². The Bertz CT molecular complexity index is 877. The largest absolute Gasteiger partial charge is 0.465 e. The van der Waals surface area contributed by atoms with Gasteiger partial charge in [0.25, 0.3) is 10.0 Å². The predicted molar refractivity (Wildman–Crippen MR) is 75.1 cm³/mol. The summed E-state index contributed by atoms with van der Waals surface area (Å²) in [5.74, 6) is 0.935. The van der Waals surface area contributed by atoms with E-state index in [0.717, 1.165) is 10.9 Å². The number of furan rings is 1. The van der Waals surface area contributed by atoms with Gasteiger partial charge in [-0.2, -0.15) is 5.10 Å². The van der Waals surface area contributed by atoms with Crippen LogP contribution in [0.5, 0.6) is 0 Å². The molecular weight excluding hydrogens is 278 g/mol. The zero-order chi connectivity index (χ0) is 14.3. The molecule has 0 amide bonds. The van der Waals surface area contributed by atoms with E-state index in [1.807, 2.05) is 0 Å². The minimum absolute atomic E-state index is 0.153. The van der Waals surface area contributed by atoms with Crippen LogP contribution in [0.15, 0.2) is 39.8 Å². The third-order valence-corrected chi connectivity index (χ3v) is 4.47. The van der Waals surface area contributed by atoms with Crippen LogP contribution in [0, 0.1) is 13.8 Å². The molecule has 104 valence electrons. The second-order valence-electron chi connectivity index (χ2n) is 4.56. The number of nitrogens with zero attached hydrogens (tertiary/aromatic N) is 1. The van der Waals surface area contributed by atoms with Gasteiger partial charge in [-0.05, 0) is 32.0 Å². The lowest BCUT2D eigenvalue weighted by Crippen LogP contribution is -2.13. The SMILES string of the molecule is Cc1cc(S(=O)(=O)Nc2ccc3cn[nH]c3c2)c(C)o1. The van der Waals surface area contributed by atoms with Gasteiger partial charge in [-0.1, -0.05) is 0 Å². The molecule has 0 fully saturated rings. The summed E-state index contributed by atoms with van der Waals surface area (Å²) >= 11 is 0. The predicted octanol–water partition coefficient (Wildman–Crippen LogP) is 2.57. The first-order valence-corrected chi connectivity index (χ1v) is 7.47. The molecule has 2 N–H and O–H groups in total. The Morgan fingerprint density at radius 3 is 2.75 bits per heavy atom. The van der Waals surface area contributed by atoms with Crippen LogP contribution in [0.2, 0.25) is 0 Å². The summed E-state index contributed by atoms with van der Waals surface area (Å²) in [6.45, 7) is 3.34. The number of aromatic amines is 1. The molecule has 3 rings (SSSR count). The fourth-order valence-electron chi connectivity index (χ4n) is 2.08. The summed E-state index contributed by atoms with van der Waals surface area (Å²) in [7, 11) is -3.65. The number of hydrogen-bond acceptors (Lipinski definition) is 4. The van der Waals surface area contributed by atoms with E-state index in [1.165, 1.54) is 6.07 Å². The van der Waals surface area contributed by atoms with Crippen molar-refractivity contribution < 1.29 is 12.8 Å². The fourth-order valence-corrected chi connectivity index (χ4v) is 3.37. The molecule has 0 aliphatic carbocycles. The van der Waals surface area contributed by atoms with Crippen LogP contribution in [0.1, 0.15) is 11.5 Å². The molecule has 0 bridgehead atoms. The van der Waals surface area contributed by atoms with Crippen molar-refractivity contribution in [2.75, 3.05) is 4.72 Å². The van der Waals surface area contributed by atoms with E-state index < -0.39 is 10.0 Å². The van der Waals surface area contributed by atoms with E-state index in [4.69, 9.17) is 4.42 Å². The molecule has 20 heavy (non-hydrogen) atoms. The Hall–Kier alpha value is -2.28. The van der Waals surface area contributed by atoms with Crippen molar-refractivity contribution in [3.63, 3.8) is 0 Å². The maximum absolute atomic E-state index is 12.3. The molecule has 0 unspecified atom stereocenters. The molecule has 0 aliphatic heterocycles. The standard InChI is InChI=1S/C13H13N3O3S/c1-8-5-13(9(2)19-8)20(17,18)16-11-4-3-10-7-14-15-12(10)6-11/h3-7,16H,1-2H3,(H,14,15). The quantitative estimate of drug-likeness (QED) is 0.776. The van der Waals surface area contributed by atoms with Gasteiger partial charge in [-0.3, -0.25) is 9.82 Å². The summed E-state index contributed by atoms with van der Waals surface area (Å²) in [5, 5.41) is 7.61. The highest BCUT2D eigenvalue weighted by Gasteiger charge is 2.20. The number of fused-ring (bicyclic) bond motifs is 1. The Labute approximate surface area is 115 Å². The smallest absolute Gasteiger partial charge is 0.265 e. The second kappa shape index (κ2) is 4.38. The highest BCUT2D eigenvalue weighted by atomic mass is 32.2. The number of benzene rings is 1. The van der Waals surface area contributed by atoms with Crippen LogP contribution in [0.4, 0.5) is 5.69 Å². The van der Waals surface area contributed by atoms with E-state index >= 15 is 0 Å². The summed E-state index contributed by atoms with van der Waals surface area (Å²) in [5.41, 5.74) is 1.24. The lowest BCUT2D eigenvalue weighted by Gasteiger charge is -2.06. The van der Waals surface area contributed by atoms with E-state index in [0.29, 0.717) is 17.2 Å². The average molecular weight is 291 g/mol. The highest BCUT2D eigenvalue weighted by Crippen LogP contribution is 2.24.